The fourth-order valence-electron chi connectivity index (χ4n) is 7.75. The van der Waals surface area contributed by atoms with E-state index >= 15 is 0 Å². The third kappa shape index (κ3) is 2.50. The minimum absolute atomic E-state index is 0.0913. The van der Waals surface area contributed by atoms with E-state index in [1.54, 1.807) is 0 Å². The van der Waals surface area contributed by atoms with E-state index in [0.29, 0.717) is 17.8 Å². The van der Waals surface area contributed by atoms with E-state index in [2.05, 4.69) is 0 Å². The number of aromatic hydroxyl groups is 1. The fourth-order valence-corrected chi connectivity index (χ4v) is 8.91. The number of benzene rings is 2. The standard InChI is InChI=1S/C26H24FNO3S/c27-20-9-18(16-1-3-17(4-2-16)21-23-24(30)28(21)25(31)32-23)8-19(22(20)29)26-10-13-5-14(11-26)7-15(6-13)12-26/h1-4,8-9,13-15,21,23,29H,5-7,10-12H2. The van der Waals surface area contributed by atoms with Gasteiger partial charge in [0.1, 0.15) is 5.25 Å². The molecule has 2 unspecified atom stereocenters. The van der Waals surface area contributed by atoms with Gasteiger partial charge < -0.3 is 5.11 Å². The van der Waals surface area contributed by atoms with Crippen molar-refractivity contribution >= 4 is 22.9 Å². The van der Waals surface area contributed by atoms with E-state index in [1.165, 1.54) is 30.2 Å². The Morgan fingerprint density at radius 2 is 1.56 bits per heavy atom. The highest BCUT2D eigenvalue weighted by atomic mass is 32.2. The number of thioether (sulfide) groups is 1. The highest BCUT2D eigenvalue weighted by molar-refractivity contribution is 8.15. The Balaban J connectivity index is 1.24. The second-order valence-corrected chi connectivity index (χ2v) is 11.7. The summed E-state index contributed by atoms with van der Waals surface area (Å²) in [6.45, 7) is 0. The van der Waals surface area contributed by atoms with Crippen LogP contribution in [0.15, 0.2) is 36.4 Å². The molecule has 3 aliphatic heterocycles. The zero-order valence-corrected chi connectivity index (χ0v) is 18.4. The van der Waals surface area contributed by atoms with Gasteiger partial charge in [-0.1, -0.05) is 24.3 Å². The van der Waals surface area contributed by atoms with E-state index in [4.69, 9.17) is 0 Å². The van der Waals surface area contributed by atoms with Gasteiger partial charge >= 0.3 is 0 Å². The van der Waals surface area contributed by atoms with E-state index in [0.717, 1.165) is 53.3 Å². The molecular weight excluding hydrogens is 425 g/mol. The smallest absolute Gasteiger partial charge is 0.289 e. The predicted octanol–water partition coefficient (Wildman–Crippen LogP) is 5.78. The molecule has 4 saturated carbocycles. The quantitative estimate of drug-likeness (QED) is 0.603. The molecule has 9 rings (SSSR count). The number of hydrogen-bond acceptors (Lipinski definition) is 4. The number of carbonyl (C=O) groups is 2. The molecule has 2 atom stereocenters. The number of β-lactam (4-membered cyclic amide) rings is 1. The lowest BCUT2D eigenvalue weighted by Crippen LogP contribution is -2.50. The molecule has 2 aromatic rings. The summed E-state index contributed by atoms with van der Waals surface area (Å²) in [5.74, 6) is 1.32. The van der Waals surface area contributed by atoms with Crippen LogP contribution in [0.25, 0.3) is 11.1 Å². The van der Waals surface area contributed by atoms with E-state index < -0.39 is 5.82 Å². The molecule has 2 amide bonds. The number of halogens is 1. The van der Waals surface area contributed by atoms with Gasteiger partial charge in [-0.3, -0.25) is 14.5 Å². The van der Waals surface area contributed by atoms with Crippen LogP contribution < -0.4 is 0 Å². The lowest BCUT2D eigenvalue weighted by molar-refractivity contribution is -0.137. The van der Waals surface area contributed by atoms with Crippen molar-refractivity contribution in [1.82, 2.24) is 4.90 Å². The molecule has 6 bridgehead atoms. The third-order valence-corrected chi connectivity index (χ3v) is 9.84. The van der Waals surface area contributed by atoms with E-state index in [-0.39, 0.29) is 33.6 Å². The summed E-state index contributed by atoms with van der Waals surface area (Å²) in [4.78, 5) is 25.1. The van der Waals surface area contributed by atoms with Crippen LogP contribution in [0.1, 0.15) is 55.7 Å². The minimum atomic E-state index is -0.548. The second-order valence-electron chi connectivity index (χ2n) is 10.6. The maximum atomic E-state index is 14.9. The van der Waals surface area contributed by atoms with Crippen molar-refractivity contribution < 1.29 is 19.1 Å². The summed E-state index contributed by atoms with van der Waals surface area (Å²) in [6, 6.07) is 11.0. The van der Waals surface area contributed by atoms with Crippen molar-refractivity contribution in [3.8, 4) is 16.9 Å². The van der Waals surface area contributed by atoms with Gasteiger partial charge in [-0.15, -0.1) is 0 Å². The van der Waals surface area contributed by atoms with Crippen LogP contribution in [0.4, 0.5) is 9.18 Å². The Morgan fingerprint density at radius 1 is 0.938 bits per heavy atom. The lowest BCUT2D eigenvalue weighted by atomic mass is 9.48. The van der Waals surface area contributed by atoms with Crippen LogP contribution in [0.3, 0.4) is 0 Å². The van der Waals surface area contributed by atoms with Crippen LogP contribution in [0.5, 0.6) is 5.75 Å². The molecular formula is C26H24FNO3S. The van der Waals surface area contributed by atoms with Crippen LogP contribution >= 0.6 is 11.8 Å². The second kappa shape index (κ2) is 6.37. The maximum Gasteiger partial charge on any atom is 0.289 e. The average molecular weight is 450 g/mol. The van der Waals surface area contributed by atoms with Crippen molar-refractivity contribution in [3.63, 3.8) is 0 Å². The number of nitrogens with zero attached hydrogens (tertiary/aromatic N) is 1. The topological polar surface area (TPSA) is 57.6 Å². The molecule has 7 fully saturated rings. The average Bonchev–Trinajstić information content (AvgIpc) is 3.26. The maximum absolute atomic E-state index is 14.9. The monoisotopic (exact) mass is 449 g/mol. The summed E-state index contributed by atoms with van der Waals surface area (Å²) < 4.78 is 14.9. The molecule has 0 radical (unpaired) electrons. The van der Waals surface area contributed by atoms with E-state index in [1.807, 2.05) is 30.3 Å². The SMILES string of the molecule is O=C1SC2C(=O)N1C2c1ccc(-c2cc(F)c(O)c(C34CC5CC(CC(C5)C3)C4)c2)cc1. The van der Waals surface area contributed by atoms with Gasteiger partial charge in [0, 0.05) is 5.56 Å². The van der Waals surface area contributed by atoms with Crippen molar-refractivity contribution in [2.45, 2.75) is 55.2 Å². The van der Waals surface area contributed by atoms with Crippen molar-refractivity contribution in [3.05, 3.63) is 53.3 Å². The van der Waals surface area contributed by atoms with Gasteiger partial charge in [0.25, 0.3) is 5.24 Å². The molecule has 1 N–H and O–H groups in total. The minimum Gasteiger partial charge on any atom is -0.505 e. The number of amides is 2. The van der Waals surface area contributed by atoms with Crippen LogP contribution in [-0.2, 0) is 10.2 Å². The van der Waals surface area contributed by atoms with Gasteiger partial charge in [-0.25, -0.2) is 4.39 Å². The normalized spacial score (nSPS) is 36.7. The number of phenols is 1. The predicted molar refractivity (Wildman–Crippen MR) is 120 cm³/mol. The molecule has 7 aliphatic rings. The first kappa shape index (κ1) is 19.2. The molecule has 6 heteroatoms. The molecule has 3 heterocycles. The summed E-state index contributed by atoms with van der Waals surface area (Å²) in [5.41, 5.74) is 3.29. The Morgan fingerprint density at radius 3 is 2.09 bits per heavy atom. The number of phenolic OH excluding ortho intramolecular Hbond substituents is 1. The van der Waals surface area contributed by atoms with Gasteiger partial charge in [-0.2, -0.15) is 0 Å². The third-order valence-electron chi connectivity index (χ3n) is 8.73. The Bertz CT molecular complexity index is 1130. The van der Waals surface area contributed by atoms with Crippen molar-refractivity contribution in [2.24, 2.45) is 17.8 Å². The number of rotatable bonds is 3. The first-order chi connectivity index (χ1) is 15.4. The Kier molecular flexibility index (Phi) is 3.82. The number of hydrogen-bond donors (Lipinski definition) is 1. The summed E-state index contributed by atoms with van der Waals surface area (Å²) in [5, 5.41) is 10.3. The van der Waals surface area contributed by atoms with Crippen LogP contribution in [0.2, 0.25) is 0 Å². The Labute approximate surface area is 190 Å². The molecule has 2 aromatic carbocycles. The number of fused-ring (bicyclic) bond motifs is 1. The summed E-state index contributed by atoms with van der Waals surface area (Å²) in [6.07, 6.45) is 7.08. The number of imide groups is 1. The molecule has 0 spiro atoms. The van der Waals surface area contributed by atoms with E-state index in [9.17, 15) is 19.1 Å². The summed E-state index contributed by atoms with van der Waals surface area (Å²) in [7, 11) is 0. The molecule has 3 saturated heterocycles. The summed E-state index contributed by atoms with van der Waals surface area (Å²) >= 11 is 1.10. The van der Waals surface area contributed by atoms with Crippen molar-refractivity contribution in [2.75, 3.05) is 0 Å². The highest BCUT2D eigenvalue weighted by Gasteiger charge is 2.60. The van der Waals surface area contributed by atoms with Gasteiger partial charge in [-0.05, 0) is 102 Å². The zero-order valence-electron chi connectivity index (χ0n) is 17.6. The Hall–Kier alpha value is -2.34. The zero-order chi connectivity index (χ0) is 21.8. The largest absolute Gasteiger partial charge is 0.505 e. The van der Waals surface area contributed by atoms with Gasteiger partial charge in [0.15, 0.2) is 11.6 Å². The first-order valence-corrected chi connectivity index (χ1v) is 12.5. The van der Waals surface area contributed by atoms with Crippen LogP contribution in [-0.4, -0.2) is 26.4 Å². The molecule has 32 heavy (non-hydrogen) atoms. The highest BCUT2D eigenvalue weighted by Crippen LogP contribution is 2.62. The fraction of sp³-hybridized carbons (Fsp3) is 0.462. The van der Waals surface area contributed by atoms with Gasteiger partial charge in [0.05, 0.1) is 6.04 Å². The van der Waals surface area contributed by atoms with Crippen molar-refractivity contribution in [1.29, 1.82) is 0 Å². The lowest BCUT2D eigenvalue weighted by Gasteiger charge is -2.57. The molecule has 4 nitrogen and oxygen atoms in total. The van der Waals surface area contributed by atoms with Crippen LogP contribution in [0, 0.1) is 23.6 Å². The molecule has 164 valence electrons. The number of carbonyl (C=O) groups excluding carboxylic acids is 2. The molecule has 0 aromatic heterocycles. The molecule has 4 aliphatic carbocycles. The first-order valence-electron chi connectivity index (χ1n) is 11.6. The van der Waals surface area contributed by atoms with Gasteiger partial charge in [0.2, 0.25) is 5.91 Å².